The van der Waals surface area contributed by atoms with Crippen LogP contribution in [0.2, 0.25) is 0 Å². The van der Waals surface area contributed by atoms with Gasteiger partial charge < -0.3 is 4.74 Å². The van der Waals surface area contributed by atoms with Crippen molar-refractivity contribution in [2.45, 2.75) is 99.8 Å². The molecule has 2 aliphatic rings. The highest BCUT2D eigenvalue weighted by molar-refractivity contribution is 7.93. The maximum atomic E-state index is 14.2. The number of amides is 1. The fourth-order valence-corrected chi connectivity index (χ4v) is 7.53. The van der Waals surface area contributed by atoms with Crippen molar-refractivity contribution in [2.24, 2.45) is 0 Å². The van der Waals surface area contributed by atoms with Crippen molar-refractivity contribution < 1.29 is 36.0 Å². The van der Waals surface area contributed by atoms with Gasteiger partial charge in [-0.05, 0) is 88.1 Å². The Labute approximate surface area is 246 Å². The largest absolute Gasteiger partial charge is 0.389 e. The van der Waals surface area contributed by atoms with Gasteiger partial charge >= 0.3 is 6.18 Å². The van der Waals surface area contributed by atoms with Gasteiger partial charge in [-0.3, -0.25) is 9.69 Å². The monoisotopic (exact) mass is 610 g/mol. The molecule has 0 radical (unpaired) electrons. The predicted molar refractivity (Wildman–Crippen MR) is 154 cm³/mol. The highest BCUT2D eigenvalue weighted by Crippen LogP contribution is 2.38. The van der Waals surface area contributed by atoms with E-state index in [1.165, 1.54) is 12.1 Å². The van der Waals surface area contributed by atoms with E-state index in [1.54, 1.807) is 24.3 Å². The van der Waals surface area contributed by atoms with Crippen molar-refractivity contribution in [3.63, 3.8) is 0 Å². The molecule has 1 amide bonds. The molecule has 0 bridgehead atoms. The van der Waals surface area contributed by atoms with Gasteiger partial charge in [0.2, 0.25) is 0 Å². The number of likely N-dealkylation sites (tertiary alicyclic amines) is 1. The molecule has 2 fully saturated rings. The summed E-state index contributed by atoms with van der Waals surface area (Å²) in [5, 5.41) is 0. The Hall–Kier alpha value is -2.47. The zero-order valence-corrected chi connectivity index (χ0v) is 25.3. The van der Waals surface area contributed by atoms with Crippen molar-refractivity contribution in [1.82, 2.24) is 10.4 Å². The summed E-state index contributed by atoms with van der Waals surface area (Å²) < 4.78 is 69.5. The number of hydrogen-bond acceptors (Lipinski definition) is 6. The summed E-state index contributed by atoms with van der Waals surface area (Å²) in [5.41, 5.74) is 4.63. The number of hydroxylamine groups is 1. The number of rotatable bonds is 9. The van der Waals surface area contributed by atoms with Crippen LogP contribution in [0.25, 0.3) is 11.1 Å². The van der Waals surface area contributed by atoms with Crippen LogP contribution in [0.3, 0.4) is 0 Å². The number of ether oxygens (including phenoxy) is 1. The van der Waals surface area contributed by atoms with Gasteiger partial charge in [0, 0.05) is 38.1 Å². The van der Waals surface area contributed by atoms with Crippen LogP contribution >= 0.6 is 0 Å². The number of carbonyl (C=O) groups excluding carboxylic acids is 1. The van der Waals surface area contributed by atoms with Crippen molar-refractivity contribution in [1.29, 1.82) is 0 Å². The topological polar surface area (TPSA) is 84.9 Å². The van der Waals surface area contributed by atoms with E-state index in [9.17, 15) is 26.4 Å². The number of aryl methyl sites for hydroxylation is 1. The summed E-state index contributed by atoms with van der Waals surface area (Å²) >= 11 is 0. The summed E-state index contributed by atoms with van der Waals surface area (Å²) in [7, 11) is -4.12. The summed E-state index contributed by atoms with van der Waals surface area (Å²) in [6.45, 7) is 7.58. The van der Waals surface area contributed by atoms with Crippen LogP contribution in [0.5, 0.6) is 0 Å². The Morgan fingerprint density at radius 2 is 1.60 bits per heavy atom. The Balaban J connectivity index is 1.52. The number of piperidine rings is 1. The first-order valence-corrected chi connectivity index (χ1v) is 16.0. The molecule has 42 heavy (non-hydrogen) atoms. The lowest BCUT2D eigenvalue weighted by Crippen LogP contribution is -2.60. The first-order valence-electron chi connectivity index (χ1n) is 14.5. The third-order valence-electron chi connectivity index (χ3n) is 8.25. The van der Waals surface area contributed by atoms with E-state index in [4.69, 9.17) is 9.57 Å². The lowest BCUT2D eigenvalue weighted by molar-refractivity contribution is -0.202. The molecule has 2 aromatic carbocycles. The van der Waals surface area contributed by atoms with E-state index in [-0.39, 0.29) is 29.7 Å². The zero-order chi connectivity index (χ0) is 30.6. The second kappa shape index (κ2) is 13.0. The number of halogens is 3. The van der Waals surface area contributed by atoms with Crippen molar-refractivity contribution in [2.75, 3.05) is 19.7 Å². The first-order chi connectivity index (χ1) is 19.7. The lowest BCUT2D eigenvalue weighted by atomic mass is 9.91. The second-order valence-corrected chi connectivity index (χ2v) is 14.5. The summed E-state index contributed by atoms with van der Waals surface area (Å²) in [5.74, 6) is -0.685. The second-order valence-electron chi connectivity index (χ2n) is 12.2. The molecule has 1 atom stereocenters. The number of carbonyl (C=O) groups is 1. The van der Waals surface area contributed by atoms with Crippen LogP contribution in [0.1, 0.15) is 71.3 Å². The third kappa shape index (κ3) is 7.72. The van der Waals surface area contributed by atoms with Crippen LogP contribution in [-0.2, 0) is 30.6 Å². The number of sulfone groups is 1. The van der Waals surface area contributed by atoms with Gasteiger partial charge in [0.05, 0.1) is 4.90 Å². The van der Waals surface area contributed by atoms with Gasteiger partial charge in [0.1, 0.15) is 0 Å². The van der Waals surface area contributed by atoms with Crippen molar-refractivity contribution in [3.8, 4) is 11.1 Å². The van der Waals surface area contributed by atoms with Crippen molar-refractivity contribution in [3.05, 3.63) is 54.1 Å². The average molecular weight is 611 g/mol. The lowest BCUT2D eigenvalue weighted by Gasteiger charge is -2.45. The fourth-order valence-electron chi connectivity index (χ4n) is 5.58. The van der Waals surface area contributed by atoms with Crippen LogP contribution < -0.4 is 5.48 Å². The highest BCUT2D eigenvalue weighted by Gasteiger charge is 2.54. The van der Waals surface area contributed by atoms with E-state index in [0.717, 1.165) is 29.5 Å². The molecule has 4 rings (SSSR count). The number of alkyl halides is 3. The van der Waals surface area contributed by atoms with E-state index in [0.29, 0.717) is 32.5 Å². The number of nitrogens with one attached hydrogen (secondary N) is 1. The summed E-state index contributed by atoms with van der Waals surface area (Å²) in [4.78, 5) is 21.4. The van der Waals surface area contributed by atoms with Gasteiger partial charge in [-0.2, -0.15) is 13.2 Å². The zero-order valence-electron chi connectivity index (χ0n) is 24.5. The molecular weight excluding hydrogens is 569 g/mol. The minimum Gasteiger partial charge on any atom is -0.350 e. The molecule has 0 saturated carbocycles. The smallest absolute Gasteiger partial charge is 0.350 e. The molecule has 7 nitrogen and oxygen atoms in total. The molecule has 2 saturated heterocycles. The summed E-state index contributed by atoms with van der Waals surface area (Å²) in [6, 6.07) is 13.6. The molecule has 11 heteroatoms. The molecule has 0 spiro atoms. The molecule has 2 aromatic rings. The molecular formula is C31H41F3N2O5S. The molecule has 2 heterocycles. The summed E-state index contributed by atoms with van der Waals surface area (Å²) in [6.07, 6.45) is -2.58. The maximum absolute atomic E-state index is 14.2. The van der Waals surface area contributed by atoms with E-state index in [2.05, 4.69) is 31.2 Å². The standard InChI is InChI=1S/C31H41F3N2O5S/c1-29(2,3)36-20-18-30(19-21-36,28(37)35-41-27-8-4-5-22-40-27)42(38,39)26-15-13-25(14-16-26)24-11-9-23(10-12-24)7-6-17-31(32,33)34/h9-16,27H,4-8,17-22H2,1-3H3,(H,35,37). The maximum Gasteiger partial charge on any atom is 0.389 e. The quantitative estimate of drug-likeness (QED) is 0.340. The SMILES string of the molecule is CC(C)(C)N1CCC(C(=O)NOC2CCCCO2)(S(=O)(=O)c2ccc(-c3ccc(CCCC(F)(F)F)cc3)cc2)CC1. The Morgan fingerprint density at radius 3 is 2.12 bits per heavy atom. The van der Waals surface area contributed by atoms with Gasteiger partial charge in [-0.15, -0.1) is 0 Å². The average Bonchev–Trinajstić information content (AvgIpc) is 2.95. The molecule has 1 unspecified atom stereocenters. The first kappa shape index (κ1) is 32.4. The Morgan fingerprint density at radius 1 is 1.00 bits per heavy atom. The molecule has 232 valence electrons. The number of hydrogen-bond donors (Lipinski definition) is 1. The predicted octanol–water partition coefficient (Wildman–Crippen LogP) is 6.22. The van der Waals surface area contributed by atoms with E-state index >= 15 is 0 Å². The minimum absolute atomic E-state index is 0.0248. The normalized spacial score (nSPS) is 20.3. The van der Waals surface area contributed by atoms with Gasteiger partial charge in [0.15, 0.2) is 20.9 Å². The van der Waals surface area contributed by atoms with Crippen LogP contribution in [-0.4, -0.2) is 61.7 Å². The molecule has 2 aliphatic heterocycles. The number of benzene rings is 2. The third-order valence-corrected chi connectivity index (χ3v) is 10.8. The van der Waals surface area contributed by atoms with Gasteiger partial charge in [-0.1, -0.05) is 36.4 Å². The Kier molecular flexibility index (Phi) is 10.1. The molecule has 0 aliphatic carbocycles. The number of nitrogens with zero attached hydrogens (tertiary/aromatic N) is 1. The van der Waals surface area contributed by atoms with E-state index in [1.807, 2.05) is 12.1 Å². The van der Waals surface area contributed by atoms with Crippen LogP contribution in [0.15, 0.2) is 53.4 Å². The Bertz CT molecular complexity index is 1290. The highest BCUT2D eigenvalue weighted by atomic mass is 32.2. The van der Waals surface area contributed by atoms with Crippen molar-refractivity contribution >= 4 is 15.7 Å². The molecule has 1 N–H and O–H groups in total. The van der Waals surface area contributed by atoms with Crippen LogP contribution in [0.4, 0.5) is 13.2 Å². The molecule has 0 aromatic heterocycles. The van der Waals surface area contributed by atoms with Crippen LogP contribution in [0, 0.1) is 0 Å². The van der Waals surface area contributed by atoms with Gasteiger partial charge in [-0.25, -0.2) is 18.7 Å². The fraction of sp³-hybridized carbons (Fsp3) is 0.581. The van der Waals surface area contributed by atoms with Gasteiger partial charge in [0.25, 0.3) is 5.91 Å². The van der Waals surface area contributed by atoms with E-state index < -0.39 is 39.4 Å². The minimum atomic E-state index is -4.16.